The van der Waals surface area contributed by atoms with Gasteiger partial charge in [-0.2, -0.15) is 0 Å². The Balaban J connectivity index is 3.31. The van der Waals surface area contributed by atoms with Crippen LogP contribution >= 0.6 is 15.9 Å². The van der Waals surface area contributed by atoms with Gasteiger partial charge in [-0.25, -0.2) is 18.6 Å². The summed E-state index contributed by atoms with van der Waals surface area (Å²) in [6, 6.07) is 1.25. The van der Waals surface area contributed by atoms with Crippen LogP contribution in [0.1, 0.15) is 28.0 Å². The minimum Gasteiger partial charge on any atom is -0.465 e. The molecule has 0 saturated carbocycles. The molecule has 0 aliphatic heterocycles. The molecule has 0 amide bonds. The highest BCUT2D eigenvalue weighted by molar-refractivity contribution is 9.08. The highest BCUT2D eigenvalue weighted by Gasteiger charge is 2.20. The third-order valence-corrected chi connectivity index (χ3v) is 2.52. The fourth-order valence-corrected chi connectivity index (χ4v) is 1.60. The molecule has 0 atom stereocenters. The van der Waals surface area contributed by atoms with E-state index in [4.69, 9.17) is 5.73 Å². The van der Waals surface area contributed by atoms with E-state index in [9.17, 15) is 13.6 Å². The number of halogens is 3. The van der Waals surface area contributed by atoms with E-state index in [-0.39, 0.29) is 22.3 Å². The lowest BCUT2D eigenvalue weighted by molar-refractivity contribution is 0.0601. The van der Waals surface area contributed by atoms with Gasteiger partial charge in [0.15, 0.2) is 0 Å². The molecule has 2 N–H and O–H groups in total. The topological polar surface area (TPSA) is 65.2 Å². The monoisotopic (exact) mass is 294 g/mol. The number of carbonyl (C=O) groups excluding carboxylic acids is 1. The lowest BCUT2D eigenvalue weighted by Crippen LogP contribution is -2.11. The Morgan fingerprint density at radius 2 is 2.31 bits per heavy atom. The van der Waals surface area contributed by atoms with Crippen molar-refractivity contribution in [3.8, 4) is 0 Å². The van der Waals surface area contributed by atoms with Crippen LogP contribution in [0.4, 0.5) is 14.6 Å². The van der Waals surface area contributed by atoms with Crippen LogP contribution in [-0.2, 0) is 10.1 Å². The van der Waals surface area contributed by atoms with E-state index in [1.54, 1.807) is 0 Å². The van der Waals surface area contributed by atoms with E-state index >= 15 is 0 Å². The molecule has 1 heterocycles. The maximum Gasteiger partial charge on any atom is 0.341 e. The highest BCUT2D eigenvalue weighted by atomic mass is 79.9. The van der Waals surface area contributed by atoms with Crippen LogP contribution in [0, 0.1) is 0 Å². The summed E-state index contributed by atoms with van der Waals surface area (Å²) in [6.45, 7) is 0. The van der Waals surface area contributed by atoms with E-state index in [1.807, 2.05) is 0 Å². The van der Waals surface area contributed by atoms with E-state index < -0.39 is 18.1 Å². The van der Waals surface area contributed by atoms with Gasteiger partial charge in [0.1, 0.15) is 17.1 Å². The fourth-order valence-electron chi connectivity index (χ4n) is 1.15. The number of esters is 1. The van der Waals surface area contributed by atoms with E-state index in [0.29, 0.717) is 0 Å². The summed E-state index contributed by atoms with van der Waals surface area (Å²) in [6.07, 6.45) is -2.73. The van der Waals surface area contributed by atoms with Gasteiger partial charge in [0, 0.05) is 5.33 Å². The maximum absolute atomic E-state index is 12.6. The van der Waals surface area contributed by atoms with Gasteiger partial charge < -0.3 is 10.5 Å². The Morgan fingerprint density at radius 1 is 1.69 bits per heavy atom. The van der Waals surface area contributed by atoms with Crippen LogP contribution in [0.2, 0.25) is 0 Å². The molecule has 0 radical (unpaired) electrons. The molecule has 0 fully saturated rings. The Morgan fingerprint density at radius 3 is 2.75 bits per heavy atom. The maximum atomic E-state index is 12.6. The van der Waals surface area contributed by atoms with Gasteiger partial charge in [-0.3, -0.25) is 0 Å². The number of nitrogens with two attached hydrogens (primary N) is 1. The Bertz CT molecular complexity index is 413. The average molecular weight is 295 g/mol. The molecular formula is C9H9BrF2N2O2. The van der Waals surface area contributed by atoms with Gasteiger partial charge >= 0.3 is 5.97 Å². The number of nitrogens with zero attached hydrogens (tertiary/aromatic N) is 1. The molecule has 0 bridgehead atoms. The summed E-state index contributed by atoms with van der Waals surface area (Å²) in [5.74, 6) is -0.958. The number of aromatic nitrogens is 1. The van der Waals surface area contributed by atoms with Crippen molar-refractivity contribution < 1.29 is 18.3 Å². The second-order valence-electron chi connectivity index (χ2n) is 2.89. The van der Waals surface area contributed by atoms with E-state index in [2.05, 4.69) is 25.7 Å². The zero-order valence-corrected chi connectivity index (χ0v) is 9.92. The number of hydrogen-bond acceptors (Lipinski definition) is 4. The normalized spacial score (nSPS) is 10.6. The second kappa shape index (κ2) is 5.20. The summed E-state index contributed by atoms with van der Waals surface area (Å²) in [5.41, 5.74) is 5.17. The zero-order chi connectivity index (χ0) is 12.3. The summed E-state index contributed by atoms with van der Waals surface area (Å²) in [5, 5.41) is 0.157. The fraction of sp³-hybridized carbons (Fsp3) is 0.333. The molecule has 4 nitrogen and oxygen atoms in total. The molecule has 0 aliphatic rings. The van der Waals surface area contributed by atoms with E-state index in [1.165, 1.54) is 13.2 Å². The van der Waals surface area contributed by atoms with Crippen molar-refractivity contribution in [3.63, 3.8) is 0 Å². The van der Waals surface area contributed by atoms with Gasteiger partial charge in [-0.15, -0.1) is 0 Å². The Hall–Kier alpha value is -1.24. The first kappa shape index (κ1) is 12.8. The third-order valence-electron chi connectivity index (χ3n) is 1.92. The number of ether oxygens (including phenoxy) is 1. The van der Waals surface area contributed by atoms with Crippen LogP contribution in [-0.4, -0.2) is 18.1 Å². The number of carbonyl (C=O) groups is 1. The molecule has 0 spiro atoms. The lowest BCUT2D eigenvalue weighted by Gasteiger charge is -2.09. The zero-order valence-electron chi connectivity index (χ0n) is 8.34. The Kier molecular flexibility index (Phi) is 4.17. The number of alkyl halides is 3. The Labute approximate surface area is 98.9 Å². The minimum atomic E-state index is -2.73. The van der Waals surface area contributed by atoms with Gasteiger partial charge in [0.05, 0.1) is 7.11 Å². The van der Waals surface area contributed by atoms with Crippen molar-refractivity contribution in [2.45, 2.75) is 11.8 Å². The predicted molar refractivity (Wildman–Crippen MR) is 57.6 cm³/mol. The van der Waals surface area contributed by atoms with Gasteiger partial charge in [0.25, 0.3) is 6.43 Å². The van der Waals surface area contributed by atoms with Crippen molar-refractivity contribution in [2.24, 2.45) is 0 Å². The molecule has 1 rings (SSSR count). The molecule has 1 aromatic rings. The molecule has 7 heteroatoms. The molecule has 0 unspecified atom stereocenters. The first-order valence-corrected chi connectivity index (χ1v) is 5.35. The SMILES string of the molecule is COC(=O)c1cc(CBr)c(C(F)F)nc1N. The highest BCUT2D eigenvalue weighted by Crippen LogP contribution is 2.26. The van der Waals surface area contributed by atoms with Crippen LogP contribution in [0.15, 0.2) is 6.07 Å². The van der Waals surface area contributed by atoms with Crippen molar-refractivity contribution in [1.29, 1.82) is 0 Å². The first-order valence-electron chi connectivity index (χ1n) is 4.23. The number of anilines is 1. The standard InChI is InChI=1S/C9H9BrF2N2O2/c1-16-9(15)5-2-4(3-10)6(7(11)12)14-8(5)13/h2,7H,3H2,1H3,(H2,13,14). The van der Waals surface area contributed by atoms with Gasteiger partial charge in [-0.05, 0) is 11.6 Å². The quantitative estimate of drug-likeness (QED) is 0.686. The van der Waals surface area contributed by atoms with Crippen LogP contribution < -0.4 is 5.73 Å². The number of methoxy groups -OCH3 is 1. The largest absolute Gasteiger partial charge is 0.465 e. The van der Waals surface area contributed by atoms with Crippen LogP contribution in [0.25, 0.3) is 0 Å². The van der Waals surface area contributed by atoms with E-state index in [0.717, 1.165) is 0 Å². The van der Waals surface area contributed by atoms with Crippen molar-refractivity contribution in [3.05, 3.63) is 22.9 Å². The second-order valence-corrected chi connectivity index (χ2v) is 3.45. The molecule has 1 aromatic heterocycles. The molecule has 0 aliphatic carbocycles. The first-order chi connectivity index (χ1) is 7.51. The van der Waals surface area contributed by atoms with Crippen LogP contribution in [0.3, 0.4) is 0 Å². The lowest BCUT2D eigenvalue weighted by atomic mass is 10.1. The molecule has 0 aromatic carbocycles. The molecular weight excluding hydrogens is 286 g/mol. The van der Waals surface area contributed by atoms with Gasteiger partial charge in [-0.1, -0.05) is 15.9 Å². The van der Waals surface area contributed by atoms with Crippen LogP contribution in [0.5, 0.6) is 0 Å². The predicted octanol–water partition coefficient (Wildman–Crippen LogP) is 2.28. The third kappa shape index (κ3) is 2.46. The number of pyridine rings is 1. The number of hydrogen-bond donors (Lipinski definition) is 1. The number of nitrogen functional groups attached to an aromatic ring is 1. The van der Waals surface area contributed by atoms with Gasteiger partial charge in [0.2, 0.25) is 0 Å². The van der Waals surface area contributed by atoms with Crippen molar-refractivity contribution >= 4 is 27.7 Å². The summed E-state index contributed by atoms with van der Waals surface area (Å²) in [7, 11) is 1.18. The molecule has 0 saturated heterocycles. The number of rotatable bonds is 3. The molecule has 88 valence electrons. The summed E-state index contributed by atoms with van der Waals surface area (Å²) < 4.78 is 29.6. The molecule has 16 heavy (non-hydrogen) atoms. The minimum absolute atomic E-state index is 0.0126. The van der Waals surface area contributed by atoms with Crippen molar-refractivity contribution in [2.75, 3.05) is 12.8 Å². The smallest absolute Gasteiger partial charge is 0.341 e. The van der Waals surface area contributed by atoms with Crippen molar-refractivity contribution in [1.82, 2.24) is 4.98 Å². The summed E-state index contributed by atoms with van der Waals surface area (Å²) in [4.78, 5) is 14.7. The summed E-state index contributed by atoms with van der Waals surface area (Å²) >= 11 is 3.04. The average Bonchev–Trinajstić information content (AvgIpc) is 2.27.